The van der Waals surface area contributed by atoms with Gasteiger partial charge in [0.2, 0.25) is 0 Å². The Hall–Kier alpha value is -2.93. The number of carbonyl (C=O) groups excluding carboxylic acids is 2. The van der Waals surface area contributed by atoms with Gasteiger partial charge in [-0.15, -0.1) is 0 Å². The highest BCUT2D eigenvalue weighted by Crippen LogP contribution is 2.27. The molecule has 0 aliphatic rings. The molecule has 0 saturated carbocycles. The minimum absolute atomic E-state index is 0.0869. The van der Waals surface area contributed by atoms with Crippen molar-refractivity contribution in [3.05, 3.63) is 68.7 Å². The summed E-state index contributed by atoms with van der Waals surface area (Å²) in [5.41, 5.74) is 0.524. The monoisotopic (exact) mass is 334 g/mol. The summed E-state index contributed by atoms with van der Waals surface area (Å²) in [7, 11) is 1.24. The van der Waals surface area contributed by atoms with E-state index in [2.05, 4.69) is 10.1 Å². The first-order chi connectivity index (χ1) is 10.9. The number of benzene rings is 2. The summed E-state index contributed by atoms with van der Waals surface area (Å²) in [6.07, 6.45) is 0. The van der Waals surface area contributed by atoms with Gasteiger partial charge in [-0.3, -0.25) is 14.9 Å². The molecule has 0 bridgehead atoms. The lowest BCUT2D eigenvalue weighted by molar-refractivity contribution is -0.384. The maximum absolute atomic E-state index is 12.2. The van der Waals surface area contributed by atoms with Crippen molar-refractivity contribution in [3.8, 4) is 0 Å². The molecule has 23 heavy (non-hydrogen) atoms. The SMILES string of the molecule is COC(=O)c1cccc(C(=O)Nc2ccc([N+](=O)[O-])c(Cl)c2)c1. The summed E-state index contributed by atoms with van der Waals surface area (Å²) in [6.45, 7) is 0. The van der Waals surface area contributed by atoms with E-state index in [-0.39, 0.29) is 21.8 Å². The minimum atomic E-state index is -0.617. The quantitative estimate of drug-likeness (QED) is 0.525. The van der Waals surface area contributed by atoms with E-state index in [1.54, 1.807) is 6.07 Å². The molecule has 0 heterocycles. The van der Waals surface area contributed by atoms with Crippen LogP contribution >= 0.6 is 11.6 Å². The molecule has 2 aromatic carbocycles. The van der Waals surface area contributed by atoms with Crippen LogP contribution in [0.25, 0.3) is 0 Å². The second kappa shape index (κ2) is 6.89. The van der Waals surface area contributed by atoms with Crippen LogP contribution in [-0.2, 0) is 4.74 Å². The van der Waals surface area contributed by atoms with Gasteiger partial charge in [0.05, 0.1) is 17.6 Å². The lowest BCUT2D eigenvalue weighted by Crippen LogP contribution is -2.13. The third-order valence-electron chi connectivity index (χ3n) is 2.95. The van der Waals surface area contributed by atoms with Gasteiger partial charge in [0.25, 0.3) is 11.6 Å². The summed E-state index contributed by atoms with van der Waals surface area (Å²) in [5.74, 6) is -1.04. The molecule has 2 aromatic rings. The van der Waals surface area contributed by atoms with Crippen LogP contribution in [0.3, 0.4) is 0 Å². The highest BCUT2D eigenvalue weighted by molar-refractivity contribution is 6.33. The molecule has 0 spiro atoms. The third-order valence-corrected chi connectivity index (χ3v) is 3.25. The number of nitrogens with one attached hydrogen (secondary N) is 1. The summed E-state index contributed by atoms with van der Waals surface area (Å²) in [4.78, 5) is 33.7. The number of hydrogen-bond acceptors (Lipinski definition) is 5. The van der Waals surface area contributed by atoms with Gasteiger partial charge in [-0.25, -0.2) is 4.79 Å². The number of methoxy groups -OCH3 is 1. The fourth-order valence-corrected chi connectivity index (χ4v) is 2.09. The van der Waals surface area contributed by atoms with Crippen LogP contribution in [0.2, 0.25) is 5.02 Å². The zero-order valence-corrected chi connectivity index (χ0v) is 12.7. The molecule has 0 radical (unpaired) electrons. The van der Waals surface area contributed by atoms with E-state index in [1.165, 1.54) is 43.5 Å². The smallest absolute Gasteiger partial charge is 0.337 e. The number of nitro groups is 1. The Kier molecular flexibility index (Phi) is 4.92. The van der Waals surface area contributed by atoms with Crippen molar-refractivity contribution >= 4 is 34.9 Å². The van der Waals surface area contributed by atoms with Crippen molar-refractivity contribution in [1.82, 2.24) is 0 Å². The lowest BCUT2D eigenvalue weighted by Gasteiger charge is -2.07. The second-order valence-electron chi connectivity index (χ2n) is 4.45. The van der Waals surface area contributed by atoms with Crippen LogP contribution < -0.4 is 5.32 Å². The number of nitro benzene ring substituents is 1. The highest BCUT2D eigenvalue weighted by Gasteiger charge is 2.14. The summed E-state index contributed by atoms with van der Waals surface area (Å²) < 4.78 is 4.59. The van der Waals surface area contributed by atoms with Crippen molar-refractivity contribution < 1.29 is 19.2 Å². The van der Waals surface area contributed by atoms with Crippen LogP contribution in [0.1, 0.15) is 20.7 Å². The predicted molar refractivity (Wildman–Crippen MR) is 83.8 cm³/mol. The number of rotatable bonds is 4. The van der Waals surface area contributed by atoms with Gasteiger partial charge in [-0.05, 0) is 30.3 Å². The Morgan fingerprint density at radius 1 is 1.17 bits per heavy atom. The zero-order chi connectivity index (χ0) is 17.0. The molecule has 0 aliphatic heterocycles. The standard InChI is InChI=1S/C15H11ClN2O5/c1-23-15(20)10-4-2-3-9(7-10)14(19)17-11-5-6-13(18(21)22)12(16)8-11/h2-8H,1H3,(H,17,19). The third kappa shape index (κ3) is 3.83. The molecule has 1 N–H and O–H groups in total. The molecular formula is C15H11ClN2O5. The van der Waals surface area contributed by atoms with Crippen molar-refractivity contribution in [2.75, 3.05) is 12.4 Å². The Bertz CT molecular complexity index is 791. The second-order valence-corrected chi connectivity index (χ2v) is 4.86. The van der Waals surface area contributed by atoms with Crippen LogP contribution in [0.15, 0.2) is 42.5 Å². The average Bonchev–Trinajstić information content (AvgIpc) is 2.54. The number of anilines is 1. The van der Waals surface area contributed by atoms with Crippen LogP contribution in [-0.4, -0.2) is 23.9 Å². The maximum atomic E-state index is 12.2. The number of esters is 1. The zero-order valence-electron chi connectivity index (χ0n) is 11.9. The van der Waals surface area contributed by atoms with E-state index >= 15 is 0 Å². The van der Waals surface area contributed by atoms with Gasteiger partial charge < -0.3 is 10.1 Å². The lowest BCUT2D eigenvalue weighted by atomic mass is 10.1. The first kappa shape index (κ1) is 16.4. The van der Waals surface area contributed by atoms with E-state index < -0.39 is 16.8 Å². The summed E-state index contributed by atoms with van der Waals surface area (Å²) in [5, 5.41) is 13.2. The number of halogens is 1. The fourth-order valence-electron chi connectivity index (χ4n) is 1.84. The Balaban J connectivity index is 2.21. The molecule has 0 unspecified atom stereocenters. The van der Waals surface area contributed by atoms with Gasteiger partial charge in [-0.1, -0.05) is 17.7 Å². The number of nitrogens with zero attached hydrogens (tertiary/aromatic N) is 1. The van der Waals surface area contributed by atoms with E-state index in [4.69, 9.17) is 11.6 Å². The minimum Gasteiger partial charge on any atom is -0.465 e. The average molecular weight is 335 g/mol. The van der Waals surface area contributed by atoms with Gasteiger partial charge >= 0.3 is 5.97 Å². The number of hydrogen-bond donors (Lipinski definition) is 1. The molecule has 7 nitrogen and oxygen atoms in total. The van der Waals surface area contributed by atoms with Crippen molar-refractivity contribution in [2.24, 2.45) is 0 Å². The molecule has 0 aliphatic carbocycles. The molecular weight excluding hydrogens is 324 g/mol. The van der Waals surface area contributed by atoms with Crippen LogP contribution in [0.4, 0.5) is 11.4 Å². The highest BCUT2D eigenvalue weighted by atomic mass is 35.5. The van der Waals surface area contributed by atoms with E-state index in [1.807, 2.05) is 0 Å². The number of ether oxygens (including phenoxy) is 1. The molecule has 0 atom stereocenters. The number of amides is 1. The Morgan fingerprint density at radius 2 is 1.87 bits per heavy atom. The van der Waals surface area contributed by atoms with E-state index in [0.717, 1.165) is 0 Å². The fraction of sp³-hybridized carbons (Fsp3) is 0.0667. The Morgan fingerprint density at radius 3 is 2.48 bits per heavy atom. The van der Waals surface area contributed by atoms with Crippen molar-refractivity contribution in [1.29, 1.82) is 0 Å². The molecule has 2 rings (SSSR count). The molecule has 118 valence electrons. The largest absolute Gasteiger partial charge is 0.465 e. The molecule has 0 aromatic heterocycles. The first-order valence-electron chi connectivity index (χ1n) is 6.36. The normalized spacial score (nSPS) is 10.0. The van der Waals surface area contributed by atoms with Gasteiger partial charge in [-0.2, -0.15) is 0 Å². The molecule has 1 amide bonds. The van der Waals surface area contributed by atoms with Gasteiger partial charge in [0.1, 0.15) is 5.02 Å². The summed E-state index contributed by atoms with van der Waals surface area (Å²) in [6, 6.07) is 9.81. The molecule has 0 fully saturated rings. The topological polar surface area (TPSA) is 98.5 Å². The van der Waals surface area contributed by atoms with E-state index in [0.29, 0.717) is 5.69 Å². The van der Waals surface area contributed by atoms with Gasteiger partial charge in [0.15, 0.2) is 0 Å². The molecule has 8 heteroatoms. The first-order valence-corrected chi connectivity index (χ1v) is 6.74. The van der Waals surface area contributed by atoms with Crippen molar-refractivity contribution in [2.45, 2.75) is 0 Å². The molecule has 0 saturated heterocycles. The Labute approximate surface area is 136 Å². The predicted octanol–water partition coefficient (Wildman–Crippen LogP) is 3.29. The van der Waals surface area contributed by atoms with Crippen LogP contribution in [0, 0.1) is 10.1 Å². The summed E-state index contributed by atoms with van der Waals surface area (Å²) >= 11 is 5.79. The van der Waals surface area contributed by atoms with Crippen molar-refractivity contribution in [3.63, 3.8) is 0 Å². The maximum Gasteiger partial charge on any atom is 0.337 e. The van der Waals surface area contributed by atoms with E-state index in [9.17, 15) is 19.7 Å². The van der Waals surface area contributed by atoms with Crippen LogP contribution in [0.5, 0.6) is 0 Å². The van der Waals surface area contributed by atoms with Gasteiger partial charge in [0, 0.05) is 17.3 Å². The number of carbonyl (C=O) groups is 2.